The molecule has 2 fully saturated rings. The third-order valence-electron chi connectivity index (χ3n) is 6.67. The Morgan fingerprint density at radius 3 is 2.04 bits per heavy atom. The van der Waals surface area contributed by atoms with Crippen molar-refractivity contribution in [2.45, 2.75) is 64.5 Å². The van der Waals surface area contributed by atoms with Gasteiger partial charge in [0.25, 0.3) is 0 Å². The molecule has 0 atom stereocenters. The Balaban J connectivity index is 1.87. The van der Waals surface area contributed by atoms with Crippen LogP contribution in [0.4, 0.5) is 5.69 Å². The molecule has 1 aromatic carbocycles. The average Bonchev–Trinajstić information content (AvgIpc) is 2.42. The van der Waals surface area contributed by atoms with Gasteiger partial charge in [0.05, 0.1) is 0 Å². The quantitative estimate of drug-likeness (QED) is 0.772. The number of amides is 1. The van der Waals surface area contributed by atoms with Gasteiger partial charge in [-0.2, -0.15) is 0 Å². The van der Waals surface area contributed by atoms with Crippen LogP contribution in [0.2, 0.25) is 0 Å². The Bertz CT molecular complexity index is 589. The zero-order valence-electron chi connectivity index (χ0n) is 15.2. The van der Waals surface area contributed by atoms with E-state index in [9.17, 15) is 4.79 Å². The first-order valence-corrected chi connectivity index (χ1v) is 12.2. The molecule has 1 saturated carbocycles. The van der Waals surface area contributed by atoms with E-state index in [2.05, 4.69) is 44.9 Å². The standard InChI is InChI=1S/C20H32NOP/c1-15-13-16(2)18(17(3)14-15)21-19(22)20(9-8-10-20)23(4)11-6-5-7-12-23/h13-14,23H,5-12H2,1-4H3,(H,21,22). The van der Waals surface area contributed by atoms with Crippen molar-refractivity contribution in [2.75, 3.05) is 24.3 Å². The van der Waals surface area contributed by atoms with Crippen LogP contribution in [0.15, 0.2) is 12.1 Å². The molecule has 1 saturated heterocycles. The Morgan fingerprint density at radius 1 is 1.00 bits per heavy atom. The maximum absolute atomic E-state index is 13.3. The summed E-state index contributed by atoms with van der Waals surface area (Å²) < 4.78 is 0. The van der Waals surface area contributed by atoms with Gasteiger partial charge in [-0.1, -0.05) is 0 Å². The van der Waals surface area contributed by atoms with Crippen molar-refractivity contribution in [3.05, 3.63) is 28.8 Å². The summed E-state index contributed by atoms with van der Waals surface area (Å²) in [5, 5.41) is 3.38. The van der Waals surface area contributed by atoms with Gasteiger partial charge in [-0.15, -0.1) is 0 Å². The van der Waals surface area contributed by atoms with Crippen LogP contribution in [-0.2, 0) is 4.79 Å². The molecular weight excluding hydrogens is 301 g/mol. The molecule has 0 unspecified atom stereocenters. The van der Waals surface area contributed by atoms with Crippen molar-refractivity contribution < 1.29 is 4.79 Å². The Morgan fingerprint density at radius 2 is 1.57 bits per heavy atom. The number of hydrogen-bond acceptors (Lipinski definition) is 1. The van der Waals surface area contributed by atoms with E-state index < -0.39 is 7.26 Å². The first-order valence-electron chi connectivity index (χ1n) is 9.27. The van der Waals surface area contributed by atoms with Gasteiger partial charge in [-0.3, -0.25) is 0 Å². The minimum absolute atomic E-state index is 0.0111. The fourth-order valence-corrected chi connectivity index (χ4v) is 10.5. The average molecular weight is 333 g/mol. The zero-order valence-corrected chi connectivity index (χ0v) is 16.2. The number of carbonyl (C=O) groups excluding carboxylic acids is 1. The van der Waals surface area contributed by atoms with Gasteiger partial charge >= 0.3 is 141 Å². The summed E-state index contributed by atoms with van der Waals surface area (Å²) in [5.41, 5.74) is 4.71. The second-order valence-electron chi connectivity index (χ2n) is 8.28. The fourth-order valence-electron chi connectivity index (χ4n) is 5.06. The van der Waals surface area contributed by atoms with Gasteiger partial charge in [0.1, 0.15) is 0 Å². The maximum atomic E-state index is 13.3. The Kier molecular flexibility index (Phi) is 4.58. The molecule has 2 aliphatic rings. The summed E-state index contributed by atoms with van der Waals surface area (Å²) >= 11 is 0. The third kappa shape index (κ3) is 2.84. The van der Waals surface area contributed by atoms with Crippen LogP contribution in [0, 0.1) is 20.8 Å². The molecule has 1 amide bonds. The molecule has 3 heteroatoms. The number of nitrogens with one attached hydrogen (secondary N) is 1. The first-order chi connectivity index (χ1) is 10.9. The van der Waals surface area contributed by atoms with E-state index in [1.54, 1.807) is 0 Å². The predicted molar refractivity (Wildman–Crippen MR) is 104 cm³/mol. The second-order valence-corrected chi connectivity index (χ2v) is 13.4. The number of carbonyl (C=O) groups is 1. The fraction of sp³-hybridized carbons (Fsp3) is 0.650. The van der Waals surface area contributed by atoms with E-state index in [-0.39, 0.29) is 5.16 Å². The minimum atomic E-state index is -1.48. The van der Waals surface area contributed by atoms with Crippen molar-refractivity contribution >= 4 is 18.9 Å². The van der Waals surface area contributed by atoms with E-state index in [1.165, 1.54) is 54.7 Å². The summed E-state index contributed by atoms with van der Waals surface area (Å²) in [7, 11) is -1.48. The van der Waals surface area contributed by atoms with E-state index in [4.69, 9.17) is 0 Å². The van der Waals surface area contributed by atoms with Crippen LogP contribution in [0.5, 0.6) is 0 Å². The van der Waals surface area contributed by atoms with Crippen LogP contribution >= 0.6 is 7.26 Å². The summed E-state index contributed by atoms with van der Waals surface area (Å²) in [4.78, 5) is 13.3. The molecule has 1 aliphatic heterocycles. The van der Waals surface area contributed by atoms with Gasteiger partial charge in [-0.25, -0.2) is 0 Å². The van der Waals surface area contributed by atoms with Crippen molar-refractivity contribution in [3.63, 3.8) is 0 Å². The van der Waals surface area contributed by atoms with Crippen LogP contribution in [-0.4, -0.2) is 30.1 Å². The topological polar surface area (TPSA) is 29.1 Å². The monoisotopic (exact) mass is 333 g/mol. The van der Waals surface area contributed by atoms with Crippen molar-refractivity contribution in [2.24, 2.45) is 0 Å². The summed E-state index contributed by atoms with van der Waals surface area (Å²) in [6.45, 7) is 8.86. The predicted octanol–water partition coefficient (Wildman–Crippen LogP) is 5.04. The summed E-state index contributed by atoms with van der Waals surface area (Å²) in [6.07, 6.45) is 10.3. The van der Waals surface area contributed by atoms with E-state index in [0.29, 0.717) is 5.91 Å². The SMILES string of the molecule is Cc1cc(C)c(NC(=O)C2([PH]3(C)CCCCC3)CCC2)c(C)c1. The molecule has 128 valence electrons. The molecular formula is C20H32NOP. The number of anilines is 1. The second kappa shape index (κ2) is 6.20. The number of aryl methyl sites for hydroxylation is 3. The summed E-state index contributed by atoms with van der Waals surface area (Å²) in [6, 6.07) is 4.35. The van der Waals surface area contributed by atoms with E-state index >= 15 is 0 Å². The van der Waals surface area contributed by atoms with Crippen LogP contribution in [0.3, 0.4) is 0 Å². The molecule has 3 rings (SSSR count). The molecule has 1 heterocycles. The molecule has 23 heavy (non-hydrogen) atoms. The zero-order chi connectivity index (χ0) is 16.7. The van der Waals surface area contributed by atoms with Gasteiger partial charge in [0, 0.05) is 0 Å². The molecule has 0 bridgehead atoms. The van der Waals surface area contributed by atoms with Gasteiger partial charge in [0.15, 0.2) is 0 Å². The van der Waals surface area contributed by atoms with E-state index in [1.807, 2.05) is 0 Å². The van der Waals surface area contributed by atoms with E-state index in [0.717, 1.165) is 18.5 Å². The van der Waals surface area contributed by atoms with Crippen LogP contribution < -0.4 is 5.32 Å². The van der Waals surface area contributed by atoms with Crippen LogP contribution in [0.25, 0.3) is 0 Å². The molecule has 0 spiro atoms. The van der Waals surface area contributed by atoms with Crippen LogP contribution in [0.1, 0.15) is 55.2 Å². The normalized spacial score (nSPS) is 23.7. The Hall–Kier alpha value is -0.880. The molecule has 1 N–H and O–H groups in total. The van der Waals surface area contributed by atoms with Crippen molar-refractivity contribution in [1.82, 2.24) is 0 Å². The number of hydrogen-bond donors (Lipinski definition) is 1. The van der Waals surface area contributed by atoms with Crippen molar-refractivity contribution in [1.29, 1.82) is 0 Å². The molecule has 1 aromatic rings. The van der Waals surface area contributed by atoms with Gasteiger partial charge in [-0.05, 0) is 0 Å². The molecule has 0 aromatic heterocycles. The molecule has 0 radical (unpaired) electrons. The molecule has 2 nitrogen and oxygen atoms in total. The van der Waals surface area contributed by atoms with Gasteiger partial charge < -0.3 is 0 Å². The molecule has 1 aliphatic carbocycles. The van der Waals surface area contributed by atoms with Crippen molar-refractivity contribution in [3.8, 4) is 0 Å². The first kappa shape index (κ1) is 17.0. The Labute approximate surface area is 141 Å². The number of rotatable bonds is 3. The third-order valence-corrected chi connectivity index (χ3v) is 12.6. The van der Waals surface area contributed by atoms with Gasteiger partial charge in [0.2, 0.25) is 0 Å². The number of benzene rings is 1. The summed E-state index contributed by atoms with van der Waals surface area (Å²) in [5.74, 6) is 0.342.